The largest absolute Gasteiger partial charge is 0.391 e. The summed E-state index contributed by atoms with van der Waals surface area (Å²) in [6.07, 6.45) is 3.80. The predicted molar refractivity (Wildman–Crippen MR) is 91.3 cm³/mol. The van der Waals surface area contributed by atoms with Gasteiger partial charge in [0.2, 0.25) is 5.91 Å². The van der Waals surface area contributed by atoms with Crippen LogP contribution >= 0.6 is 0 Å². The second kappa shape index (κ2) is 7.45. The van der Waals surface area contributed by atoms with Crippen molar-refractivity contribution in [1.82, 2.24) is 9.80 Å². The van der Waals surface area contributed by atoms with Gasteiger partial charge in [-0.25, -0.2) is 0 Å². The molecule has 0 bridgehead atoms. The third-order valence-electron chi connectivity index (χ3n) is 5.45. The number of hydrogen-bond donors (Lipinski definition) is 1. The Balaban J connectivity index is 1.59. The Bertz CT molecular complexity index is 511. The van der Waals surface area contributed by atoms with Gasteiger partial charge in [-0.3, -0.25) is 9.69 Å². The third kappa shape index (κ3) is 3.59. The van der Waals surface area contributed by atoms with E-state index in [9.17, 15) is 9.90 Å². The van der Waals surface area contributed by atoms with E-state index >= 15 is 0 Å². The van der Waals surface area contributed by atoms with Crippen molar-refractivity contribution in [3.05, 3.63) is 35.9 Å². The molecule has 4 nitrogen and oxygen atoms in total. The zero-order valence-corrected chi connectivity index (χ0v) is 14.0. The zero-order chi connectivity index (χ0) is 16.2. The second-order valence-corrected chi connectivity index (χ2v) is 6.80. The summed E-state index contributed by atoms with van der Waals surface area (Å²) >= 11 is 0. The average molecular weight is 316 g/mol. The molecule has 1 aliphatic carbocycles. The van der Waals surface area contributed by atoms with E-state index in [0.717, 1.165) is 57.4 Å². The molecular formula is C19H28N2O2. The summed E-state index contributed by atoms with van der Waals surface area (Å²) < 4.78 is 0. The zero-order valence-electron chi connectivity index (χ0n) is 14.0. The van der Waals surface area contributed by atoms with Gasteiger partial charge in [-0.05, 0) is 31.2 Å². The highest BCUT2D eigenvalue weighted by Gasteiger charge is 2.34. The van der Waals surface area contributed by atoms with Gasteiger partial charge >= 0.3 is 0 Å². The summed E-state index contributed by atoms with van der Waals surface area (Å²) in [7, 11) is 0. The highest BCUT2D eigenvalue weighted by molar-refractivity contribution is 5.83. The predicted octanol–water partition coefficient (Wildman–Crippen LogP) is 2.24. The number of aliphatic hydroxyl groups is 1. The number of nitrogens with zero attached hydrogens (tertiary/aromatic N) is 2. The fourth-order valence-corrected chi connectivity index (χ4v) is 4.08. The summed E-state index contributed by atoms with van der Waals surface area (Å²) in [6, 6.07) is 10.4. The van der Waals surface area contributed by atoms with Gasteiger partial charge in [-0.15, -0.1) is 0 Å². The number of piperazine rings is 1. The topological polar surface area (TPSA) is 43.8 Å². The summed E-state index contributed by atoms with van der Waals surface area (Å²) in [5.41, 5.74) is 1.12. The Morgan fingerprint density at radius 3 is 2.43 bits per heavy atom. The molecule has 0 radical (unpaired) electrons. The smallest absolute Gasteiger partial charge is 0.230 e. The van der Waals surface area contributed by atoms with Crippen molar-refractivity contribution in [2.24, 2.45) is 0 Å². The molecule has 0 aromatic heterocycles. The Kier molecular flexibility index (Phi) is 5.34. The standard InChI is InChI=1S/C19H28N2O2/c1-2-16(15-7-4-3-5-8-15)19(23)21-13-11-20(12-14-21)17-9-6-10-18(17)22/h3-5,7-8,16-18,22H,2,6,9-14H2,1H3. The molecule has 0 spiro atoms. The van der Waals surface area contributed by atoms with Crippen LogP contribution in [-0.4, -0.2) is 59.1 Å². The lowest BCUT2D eigenvalue weighted by Gasteiger charge is -2.40. The lowest BCUT2D eigenvalue weighted by molar-refractivity contribution is -0.135. The number of carbonyl (C=O) groups excluding carboxylic acids is 1. The number of aliphatic hydroxyl groups excluding tert-OH is 1. The summed E-state index contributed by atoms with van der Waals surface area (Å²) in [6.45, 7) is 5.43. The first kappa shape index (κ1) is 16.5. The number of rotatable bonds is 4. The fourth-order valence-electron chi connectivity index (χ4n) is 4.08. The molecule has 126 valence electrons. The van der Waals surface area contributed by atoms with Crippen molar-refractivity contribution in [3.8, 4) is 0 Å². The third-order valence-corrected chi connectivity index (χ3v) is 5.45. The van der Waals surface area contributed by atoms with Crippen LogP contribution in [0.25, 0.3) is 0 Å². The quantitative estimate of drug-likeness (QED) is 0.926. The first-order valence-electron chi connectivity index (χ1n) is 8.96. The van der Waals surface area contributed by atoms with Crippen LogP contribution in [0.4, 0.5) is 0 Å². The van der Waals surface area contributed by atoms with Crippen molar-refractivity contribution < 1.29 is 9.90 Å². The molecule has 3 atom stereocenters. The fraction of sp³-hybridized carbons (Fsp3) is 0.632. The van der Waals surface area contributed by atoms with Crippen molar-refractivity contribution in [2.45, 2.75) is 50.7 Å². The molecule has 1 amide bonds. The molecule has 1 saturated carbocycles. The number of hydrogen-bond acceptors (Lipinski definition) is 3. The lowest BCUT2D eigenvalue weighted by Crippen LogP contribution is -2.54. The first-order chi connectivity index (χ1) is 11.2. The van der Waals surface area contributed by atoms with Gasteiger partial charge < -0.3 is 10.0 Å². The van der Waals surface area contributed by atoms with E-state index in [1.165, 1.54) is 0 Å². The molecule has 2 fully saturated rings. The van der Waals surface area contributed by atoms with Crippen LogP contribution in [0.3, 0.4) is 0 Å². The van der Waals surface area contributed by atoms with E-state index in [-0.39, 0.29) is 17.9 Å². The maximum absolute atomic E-state index is 12.9. The van der Waals surface area contributed by atoms with Crippen LogP contribution in [-0.2, 0) is 4.79 Å². The van der Waals surface area contributed by atoms with E-state index in [1.807, 2.05) is 23.1 Å². The first-order valence-corrected chi connectivity index (χ1v) is 8.96. The highest BCUT2D eigenvalue weighted by Crippen LogP contribution is 2.27. The minimum Gasteiger partial charge on any atom is -0.391 e. The second-order valence-electron chi connectivity index (χ2n) is 6.80. The normalized spacial score (nSPS) is 27.1. The van der Waals surface area contributed by atoms with Crippen LogP contribution in [0, 0.1) is 0 Å². The van der Waals surface area contributed by atoms with Gasteiger partial charge in [0.05, 0.1) is 12.0 Å². The van der Waals surface area contributed by atoms with Gasteiger partial charge in [-0.2, -0.15) is 0 Å². The minimum absolute atomic E-state index is 0.0279. The molecule has 1 saturated heterocycles. The van der Waals surface area contributed by atoms with Crippen molar-refractivity contribution in [2.75, 3.05) is 26.2 Å². The van der Waals surface area contributed by atoms with Crippen LogP contribution in [0.5, 0.6) is 0 Å². The Morgan fingerprint density at radius 2 is 1.87 bits per heavy atom. The molecule has 2 aliphatic rings. The number of benzene rings is 1. The van der Waals surface area contributed by atoms with E-state index in [0.29, 0.717) is 6.04 Å². The SMILES string of the molecule is CCC(C(=O)N1CCN(C2CCCC2O)CC1)c1ccccc1. The number of carbonyl (C=O) groups is 1. The van der Waals surface area contributed by atoms with Gasteiger partial charge in [0.25, 0.3) is 0 Å². The molecule has 1 heterocycles. The maximum atomic E-state index is 12.9. The van der Waals surface area contributed by atoms with Crippen molar-refractivity contribution >= 4 is 5.91 Å². The lowest BCUT2D eigenvalue weighted by atomic mass is 9.94. The van der Waals surface area contributed by atoms with Gasteiger partial charge in [0, 0.05) is 32.2 Å². The average Bonchev–Trinajstić information content (AvgIpc) is 3.02. The molecule has 1 aromatic rings. The van der Waals surface area contributed by atoms with E-state index in [1.54, 1.807) is 0 Å². The molecule has 4 heteroatoms. The Labute approximate surface area is 139 Å². The van der Waals surface area contributed by atoms with Crippen molar-refractivity contribution in [1.29, 1.82) is 0 Å². The van der Waals surface area contributed by atoms with E-state index in [2.05, 4.69) is 24.0 Å². The summed E-state index contributed by atoms with van der Waals surface area (Å²) in [4.78, 5) is 17.3. The van der Waals surface area contributed by atoms with Crippen LogP contribution in [0.2, 0.25) is 0 Å². The molecular weight excluding hydrogens is 288 g/mol. The van der Waals surface area contributed by atoms with Crippen molar-refractivity contribution in [3.63, 3.8) is 0 Å². The minimum atomic E-state index is -0.176. The van der Waals surface area contributed by atoms with E-state index in [4.69, 9.17) is 0 Å². The summed E-state index contributed by atoms with van der Waals surface area (Å²) in [5.74, 6) is 0.227. The molecule has 23 heavy (non-hydrogen) atoms. The number of amides is 1. The van der Waals surface area contributed by atoms with Gasteiger partial charge in [0.1, 0.15) is 0 Å². The highest BCUT2D eigenvalue weighted by atomic mass is 16.3. The molecule has 1 aliphatic heterocycles. The molecule has 3 rings (SSSR count). The van der Waals surface area contributed by atoms with Crippen LogP contribution < -0.4 is 0 Å². The molecule has 1 aromatic carbocycles. The Morgan fingerprint density at radius 1 is 1.17 bits per heavy atom. The van der Waals surface area contributed by atoms with Gasteiger partial charge in [0.15, 0.2) is 0 Å². The van der Waals surface area contributed by atoms with Crippen LogP contribution in [0.15, 0.2) is 30.3 Å². The summed E-state index contributed by atoms with van der Waals surface area (Å²) in [5, 5.41) is 10.1. The monoisotopic (exact) mass is 316 g/mol. The maximum Gasteiger partial charge on any atom is 0.230 e. The Hall–Kier alpha value is -1.39. The molecule has 1 N–H and O–H groups in total. The molecule has 3 unspecified atom stereocenters. The van der Waals surface area contributed by atoms with Crippen LogP contribution in [0.1, 0.15) is 44.1 Å². The van der Waals surface area contributed by atoms with Gasteiger partial charge in [-0.1, -0.05) is 37.3 Å². The van der Waals surface area contributed by atoms with E-state index < -0.39 is 0 Å².